The van der Waals surface area contributed by atoms with Crippen molar-refractivity contribution in [3.05, 3.63) is 55.0 Å². The normalized spacial score (nSPS) is 17.3. The topological polar surface area (TPSA) is 115 Å². The molecule has 1 fully saturated rings. The fraction of sp³-hybridized carbons (Fsp3) is 0.387. The number of fused-ring (bicyclic) bond motifs is 1. The van der Waals surface area contributed by atoms with E-state index >= 15 is 0 Å². The first-order valence-corrected chi connectivity index (χ1v) is 14.0. The van der Waals surface area contributed by atoms with E-state index in [4.69, 9.17) is 14.6 Å². The van der Waals surface area contributed by atoms with E-state index < -0.39 is 5.60 Å². The van der Waals surface area contributed by atoms with Crippen LogP contribution < -0.4 is 10.1 Å². The Bertz CT molecular complexity index is 1610. The number of urea groups is 1. The second kappa shape index (κ2) is 11.3. The number of nitrogens with zero attached hydrogens (tertiary/aromatic N) is 6. The molecule has 4 aromatic rings. The van der Waals surface area contributed by atoms with Crippen molar-refractivity contribution in [3.8, 4) is 28.3 Å². The molecule has 0 radical (unpaired) electrons. The number of nitrogens with one attached hydrogen (secondary N) is 1. The van der Waals surface area contributed by atoms with E-state index in [0.717, 1.165) is 22.2 Å². The van der Waals surface area contributed by atoms with Crippen molar-refractivity contribution < 1.29 is 19.1 Å². The summed E-state index contributed by atoms with van der Waals surface area (Å²) < 4.78 is 13.0. The predicted molar refractivity (Wildman–Crippen MR) is 161 cm³/mol. The van der Waals surface area contributed by atoms with Gasteiger partial charge in [-0.1, -0.05) is 30.3 Å². The lowest BCUT2D eigenvalue weighted by molar-refractivity contribution is -0.00449. The zero-order valence-corrected chi connectivity index (χ0v) is 25.1. The Hall–Kier alpha value is -4.67. The van der Waals surface area contributed by atoms with Crippen LogP contribution in [0.2, 0.25) is 0 Å². The molecule has 2 atom stereocenters. The number of aryl methyl sites for hydroxylation is 1. The monoisotopic (exact) mass is 571 g/mol. The minimum atomic E-state index is -0.596. The van der Waals surface area contributed by atoms with Crippen molar-refractivity contribution in [1.29, 1.82) is 0 Å². The molecule has 42 heavy (non-hydrogen) atoms. The van der Waals surface area contributed by atoms with Gasteiger partial charge < -0.3 is 24.6 Å². The van der Waals surface area contributed by atoms with Gasteiger partial charge in [0, 0.05) is 48.9 Å². The summed E-state index contributed by atoms with van der Waals surface area (Å²) in [6.07, 6.45) is 3.07. The Kier molecular flexibility index (Phi) is 7.77. The summed E-state index contributed by atoms with van der Waals surface area (Å²) in [5, 5.41) is 8.48. The molecule has 1 saturated heterocycles. The Morgan fingerprint density at radius 3 is 2.36 bits per heavy atom. The molecule has 2 aromatic carbocycles. The van der Waals surface area contributed by atoms with Gasteiger partial charge in [0.2, 0.25) is 0 Å². The molecule has 0 spiro atoms. The van der Waals surface area contributed by atoms with Crippen LogP contribution in [0, 0.1) is 0 Å². The van der Waals surface area contributed by atoms with Crippen LogP contribution in [0.4, 0.5) is 15.3 Å². The molecule has 0 bridgehead atoms. The number of piperazine rings is 1. The van der Waals surface area contributed by atoms with Crippen LogP contribution in [0.5, 0.6) is 5.75 Å². The van der Waals surface area contributed by atoms with Gasteiger partial charge in [0.05, 0.1) is 36.1 Å². The van der Waals surface area contributed by atoms with Crippen molar-refractivity contribution in [2.75, 3.05) is 25.5 Å². The summed E-state index contributed by atoms with van der Waals surface area (Å²) in [6, 6.07) is 12.8. The summed E-state index contributed by atoms with van der Waals surface area (Å²) in [5.74, 6) is 0.475. The summed E-state index contributed by atoms with van der Waals surface area (Å²) in [5.41, 5.74) is 3.87. The van der Waals surface area contributed by atoms with Crippen molar-refractivity contribution in [2.24, 2.45) is 7.05 Å². The number of amides is 3. The number of hydrogen-bond donors (Lipinski definition) is 1. The Morgan fingerprint density at radius 2 is 1.67 bits per heavy atom. The highest BCUT2D eigenvalue weighted by Gasteiger charge is 2.38. The van der Waals surface area contributed by atoms with E-state index in [1.807, 2.05) is 84.3 Å². The van der Waals surface area contributed by atoms with Gasteiger partial charge in [0.1, 0.15) is 23.4 Å². The maximum absolute atomic E-state index is 13.6. The molecule has 1 N–H and O–H groups in total. The van der Waals surface area contributed by atoms with Crippen LogP contribution in [0.15, 0.2) is 55.0 Å². The largest absolute Gasteiger partial charge is 0.494 e. The molecule has 0 saturated carbocycles. The van der Waals surface area contributed by atoms with E-state index in [9.17, 15) is 9.59 Å². The van der Waals surface area contributed by atoms with Gasteiger partial charge in [-0.2, -0.15) is 5.10 Å². The van der Waals surface area contributed by atoms with Crippen molar-refractivity contribution in [1.82, 2.24) is 29.5 Å². The average Bonchev–Trinajstić information content (AvgIpc) is 3.34. The quantitative estimate of drug-likeness (QED) is 0.341. The lowest BCUT2D eigenvalue weighted by Gasteiger charge is -2.44. The smallest absolute Gasteiger partial charge is 0.410 e. The average molecular weight is 572 g/mol. The third-order valence-electron chi connectivity index (χ3n) is 7.48. The molecule has 220 valence electrons. The van der Waals surface area contributed by atoms with E-state index in [1.165, 1.54) is 6.33 Å². The molecule has 5 rings (SSSR count). The standard InChI is InChI=1S/C31H37N7O4/c1-19-20(2)38(30(40)42-31(3,4)5)14-13-37(19)29(39)34-25-15-22-24(16-26(25)41-7)32-18-33-28(22)23-17-36(6)35-27(23)21-11-9-8-10-12-21/h8-12,15-20H,13-14H2,1-7H3,(H,34,39)/t19-,20+/m0/s1. The third-order valence-corrected chi connectivity index (χ3v) is 7.48. The Morgan fingerprint density at radius 1 is 0.976 bits per heavy atom. The predicted octanol–water partition coefficient (Wildman–Crippen LogP) is 5.57. The number of carbonyl (C=O) groups is 2. The van der Waals surface area contributed by atoms with E-state index in [1.54, 1.807) is 27.7 Å². The highest BCUT2D eigenvalue weighted by Crippen LogP contribution is 2.37. The SMILES string of the molecule is COc1cc2ncnc(-c3cn(C)nc3-c3ccccc3)c2cc1NC(=O)N1CCN(C(=O)OC(C)(C)C)[C@H](C)[C@@H]1C. The number of rotatable bonds is 4. The van der Waals surface area contributed by atoms with E-state index in [2.05, 4.69) is 15.3 Å². The van der Waals surface area contributed by atoms with Crippen molar-refractivity contribution in [3.63, 3.8) is 0 Å². The minimum Gasteiger partial charge on any atom is -0.494 e. The summed E-state index contributed by atoms with van der Waals surface area (Å²) in [7, 11) is 3.43. The van der Waals surface area contributed by atoms with Gasteiger partial charge in [0.25, 0.3) is 0 Å². The zero-order chi connectivity index (χ0) is 30.2. The van der Waals surface area contributed by atoms with Gasteiger partial charge in [-0.25, -0.2) is 19.6 Å². The summed E-state index contributed by atoms with van der Waals surface area (Å²) in [4.78, 5) is 38.9. The van der Waals surface area contributed by atoms with Gasteiger partial charge >= 0.3 is 12.1 Å². The van der Waals surface area contributed by atoms with E-state index in [0.29, 0.717) is 35.7 Å². The van der Waals surface area contributed by atoms with Crippen LogP contribution in [0.25, 0.3) is 33.4 Å². The first-order valence-electron chi connectivity index (χ1n) is 14.0. The second-order valence-corrected chi connectivity index (χ2v) is 11.5. The van der Waals surface area contributed by atoms with Crippen molar-refractivity contribution >= 4 is 28.7 Å². The third kappa shape index (κ3) is 5.72. The molecule has 11 heteroatoms. The van der Waals surface area contributed by atoms with Crippen LogP contribution in [0.3, 0.4) is 0 Å². The molecule has 1 aliphatic heterocycles. The van der Waals surface area contributed by atoms with Crippen molar-refractivity contribution in [2.45, 2.75) is 52.3 Å². The van der Waals surface area contributed by atoms with Gasteiger partial charge in [-0.3, -0.25) is 4.68 Å². The number of anilines is 1. The molecule has 3 heterocycles. The maximum Gasteiger partial charge on any atom is 0.410 e. The van der Waals surface area contributed by atoms with Crippen LogP contribution in [-0.4, -0.2) is 79.6 Å². The number of carbonyl (C=O) groups excluding carboxylic acids is 2. The van der Waals surface area contributed by atoms with Crippen LogP contribution >= 0.6 is 0 Å². The van der Waals surface area contributed by atoms with Crippen LogP contribution in [0.1, 0.15) is 34.6 Å². The lowest BCUT2D eigenvalue weighted by atomic mass is 10.0. The highest BCUT2D eigenvalue weighted by molar-refractivity contribution is 6.01. The van der Waals surface area contributed by atoms with E-state index in [-0.39, 0.29) is 24.2 Å². The van der Waals surface area contributed by atoms with Crippen LogP contribution in [-0.2, 0) is 11.8 Å². The molecule has 0 aliphatic carbocycles. The molecule has 11 nitrogen and oxygen atoms in total. The molecule has 2 aromatic heterocycles. The molecular weight excluding hydrogens is 534 g/mol. The molecular formula is C31H37N7O4. The first kappa shape index (κ1) is 28.8. The fourth-order valence-corrected chi connectivity index (χ4v) is 5.23. The van der Waals surface area contributed by atoms with Gasteiger partial charge in [-0.05, 0) is 40.7 Å². The number of benzene rings is 2. The lowest BCUT2D eigenvalue weighted by Crippen LogP contribution is -2.61. The first-order chi connectivity index (χ1) is 20.0. The maximum atomic E-state index is 13.6. The number of methoxy groups -OCH3 is 1. The number of hydrogen-bond acceptors (Lipinski definition) is 7. The number of aromatic nitrogens is 4. The minimum absolute atomic E-state index is 0.236. The van der Waals surface area contributed by atoms with Gasteiger partial charge in [0.15, 0.2) is 0 Å². The number of ether oxygens (including phenoxy) is 2. The fourth-order valence-electron chi connectivity index (χ4n) is 5.23. The summed E-state index contributed by atoms with van der Waals surface area (Å²) >= 11 is 0. The molecule has 0 unspecified atom stereocenters. The summed E-state index contributed by atoms with van der Waals surface area (Å²) in [6.45, 7) is 10.1. The van der Waals surface area contributed by atoms with Gasteiger partial charge in [-0.15, -0.1) is 0 Å². The molecule has 3 amide bonds. The highest BCUT2D eigenvalue weighted by atomic mass is 16.6. The Balaban J connectivity index is 1.45. The molecule has 1 aliphatic rings. The zero-order valence-electron chi connectivity index (χ0n) is 25.1. The Labute approximate surface area is 245 Å². The second-order valence-electron chi connectivity index (χ2n) is 11.5.